The highest BCUT2D eigenvalue weighted by molar-refractivity contribution is 9.10. The molecule has 2 nitrogen and oxygen atoms in total. The first-order valence-electron chi connectivity index (χ1n) is 3.52. The van der Waals surface area contributed by atoms with Crippen molar-refractivity contribution in [3.05, 3.63) is 28.0 Å². The molecule has 0 aliphatic carbocycles. The summed E-state index contributed by atoms with van der Waals surface area (Å²) in [5, 5.41) is 0. The molecule has 0 aliphatic heterocycles. The van der Waals surface area contributed by atoms with Crippen LogP contribution in [0, 0.1) is 17.5 Å². The minimum absolute atomic E-state index is 0.294. The van der Waals surface area contributed by atoms with E-state index in [1.165, 1.54) is 7.11 Å². The molecule has 78 valence electrons. The third-order valence-electron chi connectivity index (χ3n) is 1.39. The number of hydrogen-bond acceptors (Lipinski definition) is 2. The van der Waals surface area contributed by atoms with E-state index in [9.17, 15) is 13.2 Å². The lowest BCUT2D eigenvalue weighted by molar-refractivity contribution is 0.0446. The zero-order chi connectivity index (χ0) is 10.7. The molecule has 6 heteroatoms. The predicted molar refractivity (Wildman–Crippen MR) is 46.5 cm³/mol. The van der Waals surface area contributed by atoms with Crippen LogP contribution in [0.4, 0.5) is 13.2 Å². The van der Waals surface area contributed by atoms with E-state index in [1.807, 2.05) is 0 Å². The van der Waals surface area contributed by atoms with Crippen LogP contribution < -0.4 is 4.74 Å². The fraction of sp³-hybridized carbons (Fsp3) is 0.250. The maximum atomic E-state index is 13.0. The van der Waals surface area contributed by atoms with Gasteiger partial charge in [0.25, 0.3) is 0 Å². The summed E-state index contributed by atoms with van der Waals surface area (Å²) in [7, 11) is 1.28. The van der Waals surface area contributed by atoms with Crippen LogP contribution in [0.1, 0.15) is 0 Å². The van der Waals surface area contributed by atoms with Gasteiger partial charge >= 0.3 is 0 Å². The smallest absolute Gasteiger partial charge is 0.204 e. The van der Waals surface area contributed by atoms with Gasteiger partial charge in [-0.3, -0.25) is 0 Å². The van der Waals surface area contributed by atoms with Gasteiger partial charge in [0, 0.05) is 7.11 Å². The van der Waals surface area contributed by atoms with Gasteiger partial charge < -0.3 is 9.47 Å². The Morgan fingerprint density at radius 1 is 1.29 bits per heavy atom. The van der Waals surface area contributed by atoms with Crippen molar-refractivity contribution in [3.63, 3.8) is 0 Å². The Hall–Kier alpha value is -0.750. The molecular formula is C8H6BrF3O2. The van der Waals surface area contributed by atoms with E-state index in [4.69, 9.17) is 0 Å². The summed E-state index contributed by atoms with van der Waals surface area (Å²) in [6.07, 6.45) is 0. The third kappa shape index (κ3) is 2.19. The molecule has 0 spiro atoms. The number of ether oxygens (including phenoxy) is 2. The van der Waals surface area contributed by atoms with Gasteiger partial charge in [-0.15, -0.1) is 0 Å². The highest BCUT2D eigenvalue weighted by Crippen LogP contribution is 2.29. The third-order valence-corrected chi connectivity index (χ3v) is 1.97. The van der Waals surface area contributed by atoms with Gasteiger partial charge in [-0.25, -0.2) is 8.78 Å². The Morgan fingerprint density at radius 2 is 1.93 bits per heavy atom. The van der Waals surface area contributed by atoms with Crippen LogP contribution in [0.3, 0.4) is 0 Å². The van der Waals surface area contributed by atoms with Gasteiger partial charge in [-0.1, -0.05) is 0 Å². The molecule has 14 heavy (non-hydrogen) atoms. The monoisotopic (exact) mass is 270 g/mol. The van der Waals surface area contributed by atoms with Crippen LogP contribution in [-0.4, -0.2) is 13.9 Å². The molecule has 0 atom stereocenters. The van der Waals surface area contributed by atoms with E-state index < -0.39 is 23.2 Å². The van der Waals surface area contributed by atoms with Gasteiger partial charge in [-0.05, 0) is 22.0 Å². The second-order valence-electron chi connectivity index (χ2n) is 2.35. The van der Waals surface area contributed by atoms with Crippen molar-refractivity contribution in [2.24, 2.45) is 0 Å². The minimum atomic E-state index is -1.38. The predicted octanol–water partition coefficient (Wildman–Crippen LogP) is 2.85. The standard InChI is InChI=1S/C8H6BrF3O2/c1-13-3-14-8-5(10)2-4(9)6(11)7(8)12/h2H,3H2,1H3. The summed E-state index contributed by atoms with van der Waals surface area (Å²) >= 11 is 2.66. The highest BCUT2D eigenvalue weighted by Gasteiger charge is 2.18. The molecule has 0 radical (unpaired) electrons. The molecule has 0 saturated carbocycles. The van der Waals surface area contributed by atoms with Gasteiger partial charge in [0.05, 0.1) is 4.47 Å². The summed E-state index contributed by atoms with van der Waals surface area (Å²) < 4.78 is 47.6. The van der Waals surface area contributed by atoms with Crippen molar-refractivity contribution in [2.75, 3.05) is 13.9 Å². The van der Waals surface area contributed by atoms with E-state index in [2.05, 4.69) is 25.4 Å². The first-order valence-corrected chi connectivity index (χ1v) is 4.32. The average molecular weight is 271 g/mol. The quantitative estimate of drug-likeness (QED) is 0.478. The molecule has 0 aliphatic rings. The van der Waals surface area contributed by atoms with Crippen molar-refractivity contribution >= 4 is 15.9 Å². The molecule has 0 N–H and O–H groups in total. The number of methoxy groups -OCH3 is 1. The van der Waals surface area contributed by atoms with Crippen molar-refractivity contribution in [1.29, 1.82) is 0 Å². The minimum Gasteiger partial charge on any atom is -0.461 e. The number of halogens is 4. The lowest BCUT2D eigenvalue weighted by Gasteiger charge is -2.08. The fourth-order valence-electron chi connectivity index (χ4n) is 0.800. The molecule has 0 heterocycles. The summed E-state index contributed by atoms with van der Waals surface area (Å²) in [5.74, 6) is -4.35. The SMILES string of the molecule is COCOc1c(F)cc(Br)c(F)c1F. The van der Waals surface area contributed by atoms with Crippen LogP contribution in [0.25, 0.3) is 0 Å². The molecule has 0 aromatic heterocycles. The maximum absolute atomic E-state index is 13.0. The molecule has 1 rings (SSSR count). The lowest BCUT2D eigenvalue weighted by Crippen LogP contribution is -2.04. The van der Waals surface area contributed by atoms with E-state index in [0.717, 1.165) is 6.07 Å². The van der Waals surface area contributed by atoms with Crippen molar-refractivity contribution in [3.8, 4) is 5.75 Å². The normalized spacial score (nSPS) is 10.4. The van der Waals surface area contributed by atoms with Crippen LogP contribution in [0.15, 0.2) is 10.5 Å². The number of rotatable bonds is 3. The first kappa shape index (κ1) is 11.3. The molecule has 0 amide bonds. The van der Waals surface area contributed by atoms with Crippen molar-refractivity contribution in [1.82, 2.24) is 0 Å². The summed E-state index contributed by atoms with van der Waals surface area (Å²) in [5.41, 5.74) is 0. The second-order valence-corrected chi connectivity index (χ2v) is 3.20. The largest absolute Gasteiger partial charge is 0.461 e. The van der Waals surface area contributed by atoms with Gasteiger partial charge in [-0.2, -0.15) is 4.39 Å². The summed E-state index contributed by atoms with van der Waals surface area (Å²) in [6, 6.07) is 0.781. The van der Waals surface area contributed by atoms with Gasteiger partial charge in [0.1, 0.15) is 0 Å². The first-order chi connectivity index (χ1) is 6.57. The molecule has 1 aromatic rings. The van der Waals surface area contributed by atoms with E-state index in [-0.39, 0.29) is 11.3 Å². The topological polar surface area (TPSA) is 18.5 Å². The highest BCUT2D eigenvalue weighted by atomic mass is 79.9. The van der Waals surface area contributed by atoms with Crippen molar-refractivity contribution in [2.45, 2.75) is 0 Å². The Bertz CT molecular complexity index is 344. The van der Waals surface area contributed by atoms with Gasteiger partial charge in [0.2, 0.25) is 5.82 Å². The van der Waals surface area contributed by atoms with E-state index in [0.29, 0.717) is 0 Å². The second kappa shape index (κ2) is 4.65. The number of hydrogen-bond donors (Lipinski definition) is 0. The Labute approximate surface area is 86.8 Å². The Kier molecular flexibility index (Phi) is 3.77. The zero-order valence-electron chi connectivity index (χ0n) is 7.11. The van der Waals surface area contributed by atoms with Crippen LogP contribution >= 0.6 is 15.9 Å². The fourth-order valence-corrected chi connectivity index (χ4v) is 1.17. The van der Waals surface area contributed by atoms with Crippen LogP contribution in [-0.2, 0) is 4.74 Å². The molecule has 1 aromatic carbocycles. The average Bonchev–Trinajstić information content (AvgIpc) is 2.14. The molecule has 0 saturated heterocycles. The van der Waals surface area contributed by atoms with E-state index in [1.54, 1.807) is 0 Å². The molecule has 0 fully saturated rings. The van der Waals surface area contributed by atoms with Gasteiger partial charge in [0.15, 0.2) is 24.2 Å². The summed E-state index contributed by atoms with van der Waals surface area (Å²) in [4.78, 5) is 0. The Morgan fingerprint density at radius 3 is 2.50 bits per heavy atom. The zero-order valence-corrected chi connectivity index (χ0v) is 8.70. The van der Waals surface area contributed by atoms with Crippen LogP contribution in [0.5, 0.6) is 5.75 Å². The molecule has 0 bridgehead atoms. The summed E-state index contributed by atoms with van der Waals surface area (Å²) in [6.45, 7) is -0.352. The Balaban J connectivity index is 3.09. The van der Waals surface area contributed by atoms with E-state index >= 15 is 0 Å². The molecular weight excluding hydrogens is 265 g/mol. The molecule has 0 unspecified atom stereocenters. The van der Waals surface area contributed by atoms with Crippen molar-refractivity contribution < 1.29 is 22.6 Å². The number of benzene rings is 1. The van der Waals surface area contributed by atoms with Crippen LogP contribution in [0.2, 0.25) is 0 Å². The lowest BCUT2D eigenvalue weighted by atomic mass is 10.3. The maximum Gasteiger partial charge on any atom is 0.204 e.